The summed E-state index contributed by atoms with van der Waals surface area (Å²) in [6.45, 7) is 5.49. The Kier molecular flexibility index (Phi) is 2.85. The van der Waals surface area contributed by atoms with Gasteiger partial charge in [-0.15, -0.1) is 10.2 Å². The lowest BCUT2D eigenvalue weighted by molar-refractivity contribution is 0.334. The quantitative estimate of drug-likeness (QED) is 0.722. The van der Waals surface area contributed by atoms with E-state index in [4.69, 9.17) is 0 Å². The highest BCUT2D eigenvalue weighted by atomic mass is 15.3. The number of rotatable bonds is 2. The number of nitrogens with zero attached hydrogens (tertiary/aromatic N) is 3. The number of aryl methyl sites for hydroxylation is 1. The van der Waals surface area contributed by atoms with E-state index in [-0.39, 0.29) is 0 Å². The summed E-state index contributed by atoms with van der Waals surface area (Å²) in [5.41, 5.74) is 0. The molecule has 0 radical (unpaired) electrons. The Balaban J connectivity index is 2.08. The molecule has 0 spiro atoms. The van der Waals surface area contributed by atoms with Gasteiger partial charge in [0, 0.05) is 12.5 Å². The smallest absolute Gasteiger partial charge is 0.135 e. The van der Waals surface area contributed by atoms with Crippen molar-refractivity contribution >= 4 is 0 Å². The molecular weight excluding hydrogens is 174 g/mol. The lowest BCUT2D eigenvalue weighted by Crippen LogP contribution is -2.15. The first-order chi connectivity index (χ1) is 6.81. The minimum Gasteiger partial charge on any atom is -0.318 e. The van der Waals surface area contributed by atoms with Gasteiger partial charge >= 0.3 is 0 Å². The first kappa shape index (κ1) is 9.69. The van der Waals surface area contributed by atoms with Crippen LogP contribution in [0.1, 0.15) is 51.3 Å². The molecule has 3 nitrogen and oxygen atoms in total. The van der Waals surface area contributed by atoms with Crippen molar-refractivity contribution in [2.75, 3.05) is 0 Å². The Bertz CT molecular complexity index is 284. The average molecular weight is 193 g/mol. The van der Waals surface area contributed by atoms with E-state index in [1.54, 1.807) is 0 Å². The number of aromatic nitrogens is 3. The van der Waals surface area contributed by atoms with Crippen LogP contribution >= 0.6 is 0 Å². The lowest BCUT2D eigenvalue weighted by atomic mass is 9.82. The van der Waals surface area contributed by atoms with Gasteiger partial charge in [0.25, 0.3) is 0 Å². The van der Waals surface area contributed by atoms with E-state index in [1.807, 2.05) is 6.33 Å². The molecule has 1 aromatic heterocycles. The van der Waals surface area contributed by atoms with Gasteiger partial charge in [-0.05, 0) is 25.7 Å². The summed E-state index contributed by atoms with van der Waals surface area (Å²) in [5.74, 6) is 2.78. The fourth-order valence-electron chi connectivity index (χ4n) is 2.34. The maximum atomic E-state index is 4.25. The maximum absolute atomic E-state index is 4.25. The molecule has 0 N–H and O–H groups in total. The molecule has 0 aromatic carbocycles. The van der Waals surface area contributed by atoms with Gasteiger partial charge in [-0.3, -0.25) is 0 Å². The molecule has 1 aliphatic carbocycles. The minimum atomic E-state index is 0.661. The van der Waals surface area contributed by atoms with Gasteiger partial charge in [-0.1, -0.05) is 19.8 Å². The van der Waals surface area contributed by atoms with Crippen LogP contribution in [0.2, 0.25) is 0 Å². The van der Waals surface area contributed by atoms with Crippen molar-refractivity contribution in [2.45, 2.75) is 52.0 Å². The minimum absolute atomic E-state index is 0.661. The van der Waals surface area contributed by atoms with Crippen LogP contribution in [0.4, 0.5) is 0 Å². The molecule has 0 unspecified atom stereocenters. The van der Waals surface area contributed by atoms with Crippen LogP contribution in [0.5, 0.6) is 0 Å². The Morgan fingerprint density at radius 2 is 2.07 bits per heavy atom. The first-order valence-electron chi connectivity index (χ1n) is 5.69. The maximum Gasteiger partial charge on any atom is 0.135 e. The van der Waals surface area contributed by atoms with Crippen LogP contribution in [0, 0.1) is 5.92 Å². The molecule has 14 heavy (non-hydrogen) atoms. The van der Waals surface area contributed by atoms with Gasteiger partial charge in [0.1, 0.15) is 12.2 Å². The third-order valence-corrected chi connectivity index (χ3v) is 3.37. The third-order valence-electron chi connectivity index (χ3n) is 3.37. The van der Waals surface area contributed by atoms with E-state index < -0.39 is 0 Å². The standard InChI is InChI=1S/C11H19N3/c1-3-14-8-12-13-11(14)10-6-4-9(2)5-7-10/h8-10H,3-7H2,1-2H3. The largest absolute Gasteiger partial charge is 0.318 e. The molecule has 0 aliphatic heterocycles. The van der Waals surface area contributed by atoms with Crippen LogP contribution in [0.3, 0.4) is 0 Å². The van der Waals surface area contributed by atoms with Crippen LogP contribution in [0.15, 0.2) is 6.33 Å². The summed E-state index contributed by atoms with van der Waals surface area (Å²) in [6.07, 6.45) is 7.13. The Labute approximate surface area is 85.5 Å². The molecule has 1 aliphatic rings. The average Bonchev–Trinajstić information content (AvgIpc) is 2.67. The van der Waals surface area contributed by atoms with E-state index in [0.29, 0.717) is 5.92 Å². The van der Waals surface area contributed by atoms with Crippen molar-refractivity contribution in [1.82, 2.24) is 14.8 Å². The molecule has 2 rings (SSSR count). The van der Waals surface area contributed by atoms with Crippen molar-refractivity contribution in [3.63, 3.8) is 0 Å². The van der Waals surface area contributed by atoms with Crippen molar-refractivity contribution in [3.05, 3.63) is 12.2 Å². The van der Waals surface area contributed by atoms with Crippen molar-refractivity contribution in [2.24, 2.45) is 5.92 Å². The van der Waals surface area contributed by atoms with E-state index >= 15 is 0 Å². The van der Waals surface area contributed by atoms with Crippen molar-refractivity contribution in [3.8, 4) is 0 Å². The second-order valence-electron chi connectivity index (χ2n) is 4.43. The monoisotopic (exact) mass is 193 g/mol. The van der Waals surface area contributed by atoms with Crippen LogP contribution in [0.25, 0.3) is 0 Å². The highest BCUT2D eigenvalue weighted by Gasteiger charge is 2.23. The lowest BCUT2D eigenvalue weighted by Gasteiger charge is -2.25. The fraction of sp³-hybridized carbons (Fsp3) is 0.818. The Morgan fingerprint density at radius 1 is 1.36 bits per heavy atom. The topological polar surface area (TPSA) is 30.7 Å². The molecule has 1 fully saturated rings. The molecule has 0 amide bonds. The highest BCUT2D eigenvalue weighted by Crippen LogP contribution is 2.34. The predicted molar refractivity (Wildman–Crippen MR) is 56.1 cm³/mol. The van der Waals surface area contributed by atoms with Crippen LogP contribution < -0.4 is 0 Å². The number of hydrogen-bond donors (Lipinski definition) is 0. The van der Waals surface area contributed by atoms with E-state index in [9.17, 15) is 0 Å². The first-order valence-corrected chi connectivity index (χ1v) is 5.69. The Morgan fingerprint density at radius 3 is 2.71 bits per heavy atom. The summed E-state index contributed by atoms with van der Waals surface area (Å²) in [5, 5.41) is 8.25. The second kappa shape index (κ2) is 4.11. The molecule has 0 atom stereocenters. The molecule has 1 aromatic rings. The van der Waals surface area contributed by atoms with Gasteiger partial charge in [0.15, 0.2) is 0 Å². The Hall–Kier alpha value is -0.860. The SMILES string of the molecule is CCn1cnnc1C1CCC(C)CC1. The molecule has 78 valence electrons. The normalized spacial score (nSPS) is 27.9. The third kappa shape index (κ3) is 1.81. The summed E-state index contributed by atoms with van der Waals surface area (Å²) in [6, 6.07) is 0. The number of hydrogen-bond acceptors (Lipinski definition) is 2. The molecular formula is C11H19N3. The highest BCUT2D eigenvalue weighted by molar-refractivity contribution is 4.98. The van der Waals surface area contributed by atoms with E-state index in [1.165, 1.54) is 31.5 Å². The summed E-state index contributed by atoms with van der Waals surface area (Å²) >= 11 is 0. The molecule has 1 heterocycles. The van der Waals surface area contributed by atoms with Crippen LogP contribution in [-0.4, -0.2) is 14.8 Å². The fourth-order valence-corrected chi connectivity index (χ4v) is 2.34. The van der Waals surface area contributed by atoms with Gasteiger partial charge in [0.05, 0.1) is 0 Å². The zero-order chi connectivity index (χ0) is 9.97. The second-order valence-corrected chi connectivity index (χ2v) is 4.43. The van der Waals surface area contributed by atoms with Gasteiger partial charge < -0.3 is 4.57 Å². The van der Waals surface area contributed by atoms with Crippen LogP contribution in [-0.2, 0) is 6.54 Å². The molecule has 0 bridgehead atoms. The molecule has 0 saturated heterocycles. The van der Waals surface area contributed by atoms with E-state index in [0.717, 1.165) is 12.5 Å². The summed E-state index contributed by atoms with van der Waals surface area (Å²) in [4.78, 5) is 0. The van der Waals surface area contributed by atoms with Crippen molar-refractivity contribution < 1.29 is 0 Å². The predicted octanol–water partition coefficient (Wildman–Crippen LogP) is 2.59. The van der Waals surface area contributed by atoms with Gasteiger partial charge in [-0.25, -0.2) is 0 Å². The van der Waals surface area contributed by atoms with E-state index in [2.05, 4.69) is 28.6 Å². The zero-order valence-electron chi connectivity index (χ0n) is 9.11. The van der Waals surface area contributed by atoms with Gasteiger partial charge in [0.2, 0.25) is 0 Å². The molecule has 1 saturated carbocycles. The van der Waals surface area contributed by atoms with Crippen molar-refractivity contribution in [1.29, 1.82) is 0 Å². The zero-order valence-corrected chi connectivity index (χ0v) is 9.11. The molecule has 3 heteroatoms. The summed E-state index contributed by atoms with van der Waals surface area (Å²) in [7, 11) is 0. The van der Waals surface area contributed by atoms with Gasteiger partial charge in [-0.2, -0.15) is 0 Å². The summed E-state index contributed by atoms with van der Waals surface area (Å²) < 4.78 is 2.18.